The number of halogens is 20. The van der Waals surface area contributed by atoms with E-state index in [1.807, 2.05) is 0 Å². The Morgan fingerprint density at radius 1 is 0.210 bits per heavy atom. The summed E-state index contributed by atoms with van der Waals surface area (Å²) >= 11 is 0. The minimum Gasteiger partial charge on any atom is -0.654 e. The van der Waals surface area contributed by atoms with Gasteiger partial charge in [-0.2, -0.15) is 22.7 Å². The van der Waals surface area contributed by atoms with Gasteiger partial charge in [-0.1, -0.05) is 71.3 Å². The first-order valence-corrected chi connectivity index (χ1v) is 23.5. The monoisotopic (exact) mass is 1270 g/mol. The molecule has 8 nitrogen and oxygen atoms in total. The van der Waals surface area contributed by atoms with Gasteiger partial charge in [-0.25, -0.2) is 87.8 Å². The van der Waals surface area contributed by atoms with E-state index in [-0.39, 0.29) is 20.4 Å². The van der Waals surface area contributed by atoms with Crippen molar-refractivity contribution in [3.63, 3.8) is 0 Å². The van der Waals surface area contributed by atoms with Gasteiger partial charge in [0.25, 0.3) is 0 Å². The summed E-state index contributed by atoms with van der Waals surface area (Å²) in [4.78, 5) is 0. The molecule has 0 N–H and O–H groups in total. The molecule has 6 aromatic rings. The smallest absolute Gasteiger partial charge is 0.200 e. The summed E-state index contributed by atoms with van der Waals surface area (Å²) in [6, 6.07) is 8.13. The average molecular weight is 1270 g/mol. The van der Waals surface area contributed by atoms with Crippen LogP contribution in [-0.2, 0) is 39.4 Å². The maximum atomic E-state index is 13.8. The maximum Gasteiger partial charge on any atom is 0.200 e. The van der Waals surface area contributed by atoms with Crippen LogP contribution < -0.4 is 0 Å². The molecule has 0 amide bonds. The molecule has 4 saturated heterocycles. The maximum absolute atomic E-state index is 13.8. The number of para-hydroxylation sites is 4. The molecule has 0 radical (unpaired) electrons. The standard InChI is InChI=1S/2C18H4F10N2.4C4H8O.Pd/c2*19-7-9(21)13(25)17(14(26)10(7)22)29-5-3-1-2-4-6(5)30-18-15(27)11(23)8(20)12(24)16(18)28;4*1-2-4-5-3-1;/h2*1-4H;4*1-4H2;/q2*-2;;;;;. The Hall–Kier alpha value is -6.38. The fraction of sp³-hybridized carbons (Fsp3) is 0.308. The van der Waals surface area contributed by atoms with E-state index in [2.05, 4.69) is 21.3 Å². The van der Waals surface area contributed by atoms with Gasteiger partial charge < -0.3 is 40.2 Å². The predicted octanol–water partition coefficient (Wildman–Crippen LogP) is 18.7. The van der Waals surface area contributed by atoms with Crippen LogP contribution in [0.2, 0.25) is 0 Å². The Balaban J connectivity index is 0.000000255. The molecular formula is C52H40F20N4O4Pd-4. The van der Waals surface area contributed by atoms with E-state index in [0.29, 0.717) is 0 Å². The number of nitrogens with zero attached hydrogens (tertiary/aromatic N) is 4. The van der Waals surface area contributed by atoms with E-state index in [1.54, 1.807) is 0 Å². The first-order chi connectivity index (χ1) is 38.1. The second-order valence-electron chi connectivity index (χ2n) is 16.4. The van der Waals surface area contributed by atoms with Crippen LogP contribution in [0.3, 0.4) is 0 Å². The fourth-order valence-electron chi connectivity index (χ4n) is 6.60. The van der Waals surface area contributed by atoms with Crippen molar-refractivity contribution in [2.75, 3.05) is 52.9 Å². The van der Waals surface area contributed by atoms with E-state index in [0.717, 1.165) is 101 Å². The van der Waals surface area contributed by atoms with Gasteiger partial charge >= 0.3 is 0 Å². The average Bonchev–Trinajstić information content (AvgIpc) is 4.37. The summed E-state index contributed by atoms with van der Waals surface area (Å²) in [6.45, 7) is 8.00. The third-order valence-electron chi connectivity index (χ3n) is 10.7. The number of hydrogen-bond acceptors (Lipinski definition) is 4. The molecule has 0 saturated carbocycles. The number of rotatable bonds is 8. The minimum atomic E-state index is -2.44. The van der Waals surface area contributed by atoms with Crippen LogP contribution in [0.5, 0.6) is 0 Å². The second kappa shape index (κ2) is 32.3. The SMILES string of the molecule is C1CCOC1.C1CCOC1.C1CCOC1.C1CCOC1.Fc1c(F)c(F)c([N-]c2ccccc2[N-]c2c(F)c(F)c(F)c(F)c2F)c(F)c1F.Fc1c(F)c(F)c([N-]c2ccccc2[N-]c2c(F)c(F)c(F)c(F)c2F)c(F)c1F.[Pd]. The summed E-state index contributed by atoms with van der Waals surface area (Å²) in [5, 5.41) is 12.9. The van der Waals surface area contributed by atoms with Crippen LogP contribution >= 0.6 is 0 Å². The molecule has 10 rings (SSSR count). The van der Waals surface area contributed by atoms with Gasteiger partial charge in [-0.3, -0.25) is 0 Å². The normalized spacial score (nSPS) is 14.1. The molecule has 81 heavy (non-hydrogen) atoms. The van der Waals surface area contributed by atoms with Gasteiger partial charge in [0.1, 0.15) is 46.5 Å². The first kappa shape index (κ1) is 67.1. The predicted molar refractivity (Wildman–Crippen MR) is 249 cm³/mol. The molecule has 4 aliphatic heterocycles. The molecule has 0 spiro atoms. The Labute approximate surface area is 461 Å². The molecule has 0 unspecified atom stereocenters. The zero-order chi connectivity index (χ0) is 58.8. The van der Waals surface area contributed by atoms with Crippen molar-refractivity contribution in [3.8, 4) is 0 Å². The van der Waals surface area contributed by atoms with Crippen LogP contribution in [0.4, 0.5) is 133 Å². The number of ether oxygens (including phenoxy) is 4. The van der Waals surface area contributed by atoms with E-state index in [9.17, 15) is 87.8 Å². The van der Waals surface area contributed by atoms with Crippen molar-refractivity contribution in [2.45, 2.75) is 51.4 Å². The molecule has 0 atom stereocenters. The van der Waals surface area contributed by atoms with E-state index in [4.69, 9.17) is 18.9 Å². The molecule has 29 heteroatoms. The van der Waals surface area contributed by atoms with Crippen molar-refractivity contribution in [1.82, 2.24) is 0 Å². The van der Waals surface area contributed by atoms with Crippen molar-refractivity contribution in [3.05, 3.63) is 186 Å². The van der Waals surface area contributed by atoms with Crippen LogP contribution in [-0.4, -0.2) is 52.9 Å². The summed E-state index contributed by atoms with van der Waals surface area (Å²) < 4.78 is 289. The molecule has 0 aliphatic carbocycles. The molecule has 4 aliphatic rings. The molecule has 6 aromatic carbocycles. The summed E-state index contributed by atoms with van der Waals surface area (Å²) in [6.07, 6.45) is 10.2. The third-order valence-corrected chi connectivity index (χ3v) is 10.7. The first-order valence-electron chi connectivity index (χ1n) is 23.5. The van der Waals surface area contributed by atoms with Gasteiger partial charge in [-0.05, 0) is 51.4 Å². The summed E-state index contributed by atoms with van der Waals surface area (Å²) in [5.74, 6) is -46.7. The Morgan fingerprint density at radius 3 is 0.444 bits per heavy atom. The molecule has 4 heterocycles. The van der Waals surface area contributed by atoms with E-state index >= 15 is 0 Å². The molecule has 4 fully saturated rings. The van der Waals surface area contributed by atoms with Gasteiger partial charge in [0.15, 0.2) is 69.8 Å². The van der Waals surface area contributed by atoms with Crippen molar-refractivity contribution < 1.29 is 127 Å². The second-order valence-corrected chi connectivity index (χ2v) is 16.4. The van der Waals surface area contributed by atoms with Gasteiger partial charge in [-0.15, -0.1) is 0 Å². The van der Waals surface area contributed by atoms with Gasteiger partial charge in [0.2, 0.25) is 0 Å². The van der Waals surface area contributed by atoms with Crippen molar-refractivity contribution >= 4 is 45.5 Å². The molecular weight excluding hydrogens is 1230 g/mol. The molecule has 446 valence electrons. The fourth-order valence-corrected chi connectivity index (χ4v) is 6.60. The van der Waals surface area contributed by atoms with Gasteiger partial charge in [0, 0.05) is 73.3 Å². The van der Waals surface area contributed by atoms with Crippen molar-refractivity contribution in [2.24, 2.45) is 0 Å². The Kier molecular flexibility index (Phi) is 26.8. The topological polar surface area (TPSA) is 93.3 Å². The quantitative estimate of drug-likeness (QED) is 0.0657. The van der Waals surface area contributed by atoms with Crippen LogP contribution in [0, 0.1) is 116 Å². The van der Waals surface area contributed by atoms with Crippen molar-refractivity contribution in [1.29, 1.82) is 0 Å². The largest absolute Gasteiger partial charge is 0.654 e. The summed E-state index contributed by atoms with van der Waals surface area (Å²) in [7, 11) is 0. The van der Waals surface area contributed by atoms with Crippen LogP contribution in [0.25, 0.3) is 21.3 Å². The number of benzene rings is 6. The molecule has 0 aromatic heterocycles. The minimum absolute atomic E-state index is 0. The number of hydrogen-bond donors (Lipinski definition) is 0. The Bertz CT molecular complexity index is 2530. The Morgan fingerprint density at radius 2 is 0.333 bits per heavy atom. The molecule has 0 bridgehead atoms. The van der Waals surface area contributed by atoms with E-state index < -0.39 is 162 Å². The third kappa shape index (κ3) is 17.3. The van der Waals surface area contributed by atoms with Crippen LogP contribution in [0.1, 0.15) is 51.4 Å². The van der Waals surface area contributed by atoms with E-state index in [1.165, 1.54) is 51.4 Å². The zero-order valence-corrected chi connectivity index (χ0v) is 42.8. The van der Waals surface area contributed by atoms with Gasteiger partial charge in [0.05, 0.1) is 0 Å². The summed E-state index contributed by atoms with van der Waals surface area (Å²) in [5.41, 5.74) is -9.35. The van der Waals surface area contributed by atoms with Crippen LogP contribution in [0.15, 0.2) is 48.5 Å². The zero-order valence-electron chi connectivity index (χ0n) is 41.2.